The van der Waals surface area contributed by atoms with E-state index < -0.39 is 23.9 Å². The zero-order chi connectivity index (χ0) is 25.7. The number of aryl methyl sites for hydroxylation is 1. The van der Waals surface area contributed by atoms with Gasteiger partial charge in [0.25, 0.3) is 0 Å². The summed E-state index contributed by atoms with van der Waals surface area (Å²) in [5.41, 5.74) is 2.71. The Bertz CT molecular complexity index is 983. The molecular formula is C22H27N3O9. The summed E-state index contributed by atoms with van der Waals surface area (Å²) in [6, 6.07) is 9.88. The number of carboxylic acid groups (broad SMARTS) is 4. The molecule has 0 bridgehead atoms. The molecule has 2 aromatic rings. The van der Waals surface area contributed by atoms with Crippen LogP contribution in [0.15, 0.2) is 30.3 Å². The van der Waals surface area contributed by atoms with Crippen molar-refractivity contribution in [2.45, 2.75) is 32.6 Å². The van der Waals surface area contributed by atoms with Gasteiger partial charge in [-0.25, -0.2) is 19.2 Å². The van der Waals surface area contributed by atoms with Gasteiger partial charge >= 0.3 is 23.9 Å². The van der Waals surface area contributed by atoms with Gasteiger partial charge in [0, 0.05) is 11.1 Å². The highest BCUT2D eigenvalue weighted by Crippen LogP contribution is 2.23. The van der Waals surface area contributed by atoms with E-state index in [1.54, 1.807) is 0 Å². The van der Waals surface area contributed by atoms with E-state index in [0.717, 1.165) is 35.4 Å². The first-order valence-electron chi connectivity index (χ1n) is 10.3. The number of likely N-dealkylation sites (tertiary alicyclic amines) is 1. The van der Waals surface area contributed by atoms with Crippen molar-refractivity contribution < 1.29 is 44.4 Å². The number of benzene rings is 1. The molecule has 0 saturated carbocycles. The highest BCUT2D eigenvalue weighted by atomic mass is 16.4. The van der Waals surface area contributed by atoms with Crippen LogP contribution in [0, 0.1) is 6.92 Å². The Labute approximate surface area is 194 Å². The molecule has 2 heterocycles. The molecule has 3 rings (SSSR count). The van der Waals surface area contributed by atoms with Crippen LogP contribution in [-0.4, -0.2) is 79.7 Å². The summed E-state index contributed by atoms with van der Waals surface area (Å²) in [4.78, 5) is 55.5. The van der Waals surface area contributed by atoms with Gasteiger partial charge in [0.1, 0.15) is 0 Å². The van der Waals surface area contributed by atoms with Gasteiger partial charge in [0.2, 0.25) is 5.91 Å². The lowest BCUT2D eigenvalue weighted by molar-refractivity contribution is -0.159. The predicted octanol–water partition coefficient (Wildman–Crippen LogP) is 1.67. The Kier molecular flexibility index (Phi) is 11.7. The lowest BCUT2D eigenvalue weighted by atomic mass is 10.1. The zero-order valence-corrected chi connectivity index (χ0v) is 18.6. The number of nitrogens with one attached hydrogen (secondary N) is 1. The second-order valence-corrected chi connectivity index (χ2v) is 7.29. The van der Waals surface area contributed by atoms with Crippen LogP contribution in [0.2, 0.25) is 0 Å². The number of carboxylic acids is 4. The molecule has 1 saturated heterocycles. The van der Waals surface area contributed by atoms with Gasteiger partial charge in [-0.2, -0.15) is 0 Å². The molecule has 1 aromatic heterocycles. The Morgan fingerprint density at radius 2 is 1.35 bits per heavy atom. The first-order chi connectivity index (χ1) is 16.0. The highest BCUT2D eigenvalue weighted by molar-refractivity contribution is 6.27. The molecule has 1 fully saturated rings. The van der Waals surface area contributed by atoms with Gasteiger partial charge in [-0.05, 0) is 45.0 Å². The van der Waals surface area contributed by atoms with Crippen LogP contribution >= 0.6 is 0 Å². The largest absolute Gasteiger partial charge is 0.473 e. The summed E-state index contributed by atoms with van der Waals surface area (Å²) >= 11 is 0. The third-order valence-corrected chi connectivity index (χ3v) is 4.55. The number of fused-ring (bicyclic) bond motifs is 1. The molecule has 184 valence electrons. The summed E-state index contributed by atoms with van der Waals surface area (Å²) in [6.45, 7) is 4.50. The van der Waals surface area contributed by atoms with Gasteiger partial charge in [0.15, 0.2) is 0 Å². The van der Waals surface area contributed by atoms with Gasteiger partial charge < -0.3 is 25.7 Å². The van der Waals surface area contributed by atoms with Crippen molar-refractivity contribution in [1.82, 2.24) is 9.88 Å². The third kappa shape index (κ3) is 10.5. The first-order valence-corrected chi connectivity index (χ1v) is 10.3. The van der Waals surface area contributed by atoms with Crippen molar-refractivity contribution >= 4 is 46.4 Å². The van der Waals surface area contributed by atoms with E-state index in [1.807, 2.05) is 37.3 Å². The second kappa shape index (κ2) is 14.2. The van der Waals surface area contributed by atoms with E-state index in [9.17, 15) is 4.79 Å². The van der Waals surface area contributed by atoms with Crippen molar-refractivity contribution in [3.63, 3.8) is 0 Å². The normalized spacial score (nSPS) is 13.2. The smallest absolute Gasteiger partial charge is 0.414 e. The number of aromatic nitrogens is 1. The minimum Gasteiger partial charge on any atom is -0.473 e. The molecule has 5 N–H and O–H groups in total. The molecule has 12 heteroatoms. The molecule has 0 radical (unpaired) electrons. The molecule has 12 nitrogen and oxygen atoms in total. The first kappa shape index (κ1) is 28.0. The van der Waals surface area contributed by atoms with E-state index in [4.69, 9.17) is 39.6 Å². The maximum atomic E-state index is 12.4. The van der Waals surface area contributed by atoms with Crippen LogP contribution in [-0.2, 0) is 24.0 Å². The number of rotatable bonds is 3. The van der Waals surface area contributed by atoms with E-state index in [0.29, 0.717) is 6.54 Å². The summed E-state index contributed by atoms with van der Waals surface area (Å²) in [5, 5.41) is 33.6. The fraction of sp³-hybridized carbons (Fsp3) is 0.364. The van der Waals surface area contributed by atoms with Crippen LogP contribution < -0.4 is 5.32 Å². The SMILES string of the molecule is Cc1cc(NC(=O)CN2CCCCCC2)c2ccccc2n1.O=C(O)C(=O)O.O=C(O)C(=O)O. The Morgan fingerprint density at radius 1 is 0.853 bits per heavy atom. The molecule has 0 spiro atoms. The summed E-state index contributed by atoms with van der Waals surface area (Å²) in [6.07, 6.45) is 4.97. The maximum Gasteiger partial charge on any atom is 0.414 e. The number of hydrogen-bond donors (Lipinski definition) is 5. The van der Waals surface area contributed by atoms with Crippen LogP contribution in [0.3, 0.4) is 0 Å². The molecule has 0 unspecified atom stereocenters. The van der Waals surface area contributed by atoms with E-state index in [-0.39, 0.29) is 5.91 Å². The van der Waals surface area contributed by atoms with Gasteiger partial charge in [0.05, 0.1) is 17.7 Å². The number of anilines is 1. The molecule has 1 aliphatic heterocycles. The lowest BCUT2D eigenvalue weighted by Gasteiger charge is -2.19. The zero-order valence-electron chi connectivity index (χ0n) is 18.6. The molecule has 1 aromatic carbocycles. The lowest BCUT2D eigenvalue weighted by Crippen LogP contribution is -2.34. The quantitative estimate of drug-likeness (QED) is 0.403. The van der Waals surface area contributed by atoms with Crippen molar-refractivity contribution in [2.24, 2.45) is 0 Å². The van der Waals surface area contributed by atoms with E-state index in [1.165, 1.54) is 25.7 Å². The van der Waals surface area contributed by atoms with Crippen LogP contribution in [0.4, 0.5) is 5.69 Å². The minimum absolute atomic E-state index is 0.0673. The predicted molar refractivity (Wildman–Crippen MR) is 121 cm³/mol. The Balaban J connectivity index is 0.000000401. The van der Waals surface area contributed by atoms with Gasteiger partial charge in [-0.1, -0.05) is 31.0 Å². The topological polar surface area (TPSA) is 194 Å². The number of amides is 1. The molecule has 34 heavy (non-hydrogen) atoms. The Hall–Kier alpha value is -4.06. The van der Waals surface area contributed by atoms with Gasteiger partial charge in [-0.15, -0.1) is 0 Å². The fourth-order valence-electron chi connectivity index (χ4n) is 3.10. The average Bonchev–Trinajstić information content (AvgIpc) is 3.03. The second-order valence-electron chi connectivity index (χ2n) is 7.29. The fourth-order valence-corrected chi connectivity index (χ4v) is 3.10. The number of carbonyl (C=O) groups is 5. The summed E-state index contributed by atoms with van der Waals surface area (Å²) in [5.74, 6) is -7.23. The number of carbonyl (C=O) groups excluding carboxylic acids is 1. The van der Waals surface area contributed by atoms with Crippen LogP contribution in [0.1, 0.15) is 31.4 Å². The van der Waals surface area contributed by atoms with Crippen LogP contribution in [0.25, 0.3) is 10.9 Å². The number of para-hydroxylation sites is 1. The molecular weight excluding hydrogens is 450 g/mol. The van der Waals surface area contributed by atoms with E-state index >= 15 is 0 Å². The number of nitrogens with zero attached hydrogens (tertiary/aromatic N) is 2. The summed E-state index contributed by atoms with van der Waals surface area (Å²) < 4.78 is 0. The van der Waals surface area contributed by atoms with Crippen molar-refractivity contribution in [3.8, 4) is 0 Å². The summed E-state index contributed by atoms with van der Waals surface area (Å²) in [7, 11) is 0. The van der Waals surface area contributed by atoms with E-state index in [2.05, 4.69) is 15.2 Å². The standard InChI is InChI=1S/C18H23N3O.2C2H2O4/c1-14-12-17(15-8-4-5-9-16(15)19-14)20-18(22)13-21-10-6-2-3-7-11-21;2*3-1(4)2(5)6/h4-5,8-9,12H,2-3,6-7,10-11,13H2,1H3,(H,19,20,22);2*(H,3,4)(H,5,6). The average molecular weight is 477 g/mol. The monoisotopic (exact) mass is 477 g/mol. The van der Waals surface area contributed by atoms with Crippen molar-refractivity contribution in [3.05, 3.63) is 36.0 Å². The molecule has 1 aliphatic rings. The number of pyridine rings is 1. The van der Waals surface area contributed by atoms with Crippen molar-refractivity contribution in [1.29, 1.82) is 0 Å². The Morgan fingerprint density at radius 3 is 1.85 bits per heavy atom. The third-order valence-electron chi connectivity index (χ3n) is 4.55. The number of aliphatic carboxylic acids is 4. The number of hydrogen-bond acceptors (Lipinski definition) is 7. The maximum absolute atomic E-state index is 12.4. The molecule has 1 amide bonds. The molecule has 0 aliphatic carbocycles. The highest BCUT2D eigenvalue weighted by Gasteiger charge is 2.14. The van der Waals surface area contributed by atoms with Crippen molar-refractivity contribution in [2.75, 3.05) is 25.0 Å². The molecule has 0 atom stereocenters. The van der Waals surface area contributed by atoms with Crippen LogP contribution in [0.5, 0.6) is 0 Å². The minimum atomic E-state index is -1.82. The van der Waals surface area contributed by atoms with Gasteiger partial charge in [-0.3, -0.25) is 14.7 Å².